The van der Waals surface area contributed by atoms with Crippen LogP contribution in [0.25, 0.3) is 0 Å². The number of aromatic amines is 1. The van der Waals surface area contributed by atoms with Gasteiger partial charge in [0.15, 0.2) is 5.16 Å². The number of nitrogens with zero attached hydrogens (tertiary/aromatic N) is 1. The standard InChI is InChI=1S/C21H21N3O5S/c1-28-15-7-3-13(4-8-15)11-17-19(26)23-21(24-20(17)27)30-12-18(25)22-14-5-9-16(29-2)10-6-14/h3-10H,11-12H2,1-2H3,(H,22,25)(H2,23,24,26,27). The highest BCUT2D eigenvalue weighted by Crippen LogP contribution is 2.21. The summed E-state index contributed by atoms with van der Waals surface area (Å²) in [6, 6.07) is 14.1. The summed E-state index contributed by atoms with van der Waals surface area (Å²) in [5.74, 6) is 0.790. The molecular formula is C21H21N3O5S. The molecule has 0 atom stereocenters. The first-order valence-electron chi connectivity index (χ1n) is 9.00. The lowest BCUT2D eigenvalue weighted by molar-refractivity contribution is -0.113. The first-order valence-corrected chi connectivity index (χ1v) is 9.99. The molecule has 1 amide bonds. The number of ether oxygens (including phenoxy) is 2. The molecule has 0 spiro atoms. The number of amides is 1. The second-order valence-electron chi connectivity index (χ2n) is 6.26. The van der Waals surface area contributed by atoms with Gasteiger partial charge < -0.3 is 24.9 Å². The molecule has 0 aliphatic rings. The summed E-state index contributed by atoms with van der Waals surface area (Å²) < 4.78 is 10.2. The first-order chi connectivity index (χ1) is 14.5. The number of carbonyl (C=O) groups excluding carboxylic acids is 1. The Morgan fingerprint density at radius 2 is 1.67 bits per heavy atom. The third-order valence-corrected chi connectivity index (χ3v) is 5.10. The van der Waals surface area contributed by atoms with E-state index in [9.17, 15) is 14.7 Å². The summed E-state index contributed by atoms with van der Waals surface area (Å²) in [6.45, 7) is 0. The minimum Gasteiger partial charge on any atom is -0.497 e. The molecule has 3 N–H and O–H groups in total. The molecule has 1 aromatic heterocycles. The number of aromatic nitrogens is 2. The van der Waals surface area contributed by atoms with Crippen LogP contribution in [0.2, 0.25) is 0 Å². The molecule has 0 radical (unpaired) electrons. The average Bonchev–Trinajstić information content (AvgIpc) is 2.76. The molecule has 156 valence electrons. The van der Waals surface area contributed by atoms with Crippen LogP contribution in [0.15, 0.2) is 58.5 Å². The smallest absolute Gasteiger partial charge is 0.258 e. The van der Waals surface area contributed by atoms with Gasteiger partial charge in [0, 0.05) is 12.1 Å². The number of hydrogen-bond acceptors (Lipinski definition) is 7. The maximum absolute atomic E-state index is 12.4. The summed E-state index contributed by atoms with van der Waals surface area (Å²) in [7, 11) is 3.14. The van der Waals surface area contributed by atoms with E-state index in [1.165, 1.54) is 0 Å². The highest BCUT2D eigenvalue weighted by atomic mass is 32.2. The van der Waals surface area contributed by atoms with Gasteiger partial charge in [-0.15, -0.1) is 0 Å². The average molecular weight is 427 g/mol. The van der Waals surface area contributed by atoms with Gasteiger partial charge in [-0.25, -0.2) is 0 Å². The third kappa shape index (κ3) is 5.54. The van der Waals surface area contributed by atoms with E-state index in [0.29, 0.717) is 17.2 Å². The Labute approximate surface area is 177 Å². The van der Waals surface area contributed by atoms with Crippen LogP contribution >= 0.6 is 11.8 Å². The minimum atomic E-state index is -0.448. The summed E-state index contributed by atoms with van der Waals surface area (Å²) in [6.07, 6.45) is 0.223. The molecule has 9 heteroatoms. The topological polar surface area (TPSA) is 114 Å². The van der Waals surface area contributed by atoms with Gasteiger partial charge in [0.05, 0.1) is 25.5 Å². The normalized spacial score (nSPS) is 10.5. The molecule has 0 aliphatic carbocycles. The quantitative estimate of drug-likeness (QED) is 0.374. The Hall–Kier alpha value is -3.46. The van der Waals surface area contributed by atoms with E-state index in [-0.39, 0.29) is 34.7 Å². The highest BCUT2D eigenvalue weighted by Gasteiger charge is 2.13. The second kappa shape index (κ2) is 9.84. The van der Waals surface area contributed by atoms with E-state index in [1.807, 2.05) is 12.1 Å². The van der Waals surface area contributed by atoms with E-state index in [2.05, 4.69) is 15.3 Å². The molecule has 1 heterocycles. The van der Waals surface area contributed by atoms with Gasteiger partial charge in [0.25, 0.3) is 5.56 Å². The summed E-state index contributed by atoms with van der Waals surface area (Å²) in [5, 5.41) is 13.1. The number of benzene rings is 2. The zero-order valence-electron chi connectivity index (χ0n) is 16.5. The van der Waals surface area contributed by atoms with E-state index in [4.69, 9.17) is 9.47 Å². The molecule has 3 rings (SSSR count). The van der Waals surface area contributed by atoms with Crippen LogP contribution in [-0.2, 0) is 11.2 Å². The predicted molar refractivity (Wildman–Crippen MR) is 115 cm³/mol. The van der Waals surface area contributed by atoms with Gasteiger partial charge in [-0.1, -0.05) is 23.9 Å². The summed E-state index contributed by atoms with van der Waals surface area (Å²) >= 11 is 1.02. The number of H-pyrrole nitrogens is 1. The largest absolute Gasteiger partial charge is 0.497 e. The Balaban J connectivity index is 1.61. The summed E-state index contributed by atoms with van der Waals surface area (Å²) in [5.41, 5.74) is 1.17. The highest BCUT2D eigenvalue weighted by molar-refractivity contribution is 7.99. The molecule has 8 nitrogen and oxygen atoms in total. The lowest BCUT2D eigenvalue weighted by Crippen LogP contribution is -2.17. The molecule has 0 bridgehead atoms. The van der Waals surface area contributed by atoms with Crippen LogP contribution in [0.1, 0.15) is 11.1 Å². The van der Waals surface area contributed by atoms with Gasteiger partial charge >= 0.3 is 0 Å². The van der Waals surface area contributed by atoms with Crippen LogP contribution in [0, 0.1) is 0 Å². The SMILES string of the molecule is COc1ccc(Cc2c(O)nc(SCC(=O)Nc3ccc(OC)cc3)[nH]c2=O)cc1. The van der Waals surface area contributed by atoms with Crippen molar-refractivity contribution in [3.05, 3.63) is 70.0 Å². The fourth-order valence-electron chi connectivity index (χ4n) is 2.65. The van der Waals surface area contributed by atoms with Crippen molar-refractivity contribution in [2.24, 2.45) is 0 Å². The Morgan fingerprint density at radius 3 is 2.23 bits per heavy atom. The number of thioether (sulfide) groups is 1. The maximum Gasteiger partial charge on any atom is 0.258 e. The minimum absolute atomic E-state index is 0.0201. The molecular weight excluding hydrogens is 406 g/mol. The number of nitrogens with one attached hydrogen (secondary N) is 2. The number of rotatable bonds is 8. The van der Waals surface area contributed by atoms with Crippen molar-refractivity contribution < 1.29 is 19.4 Å². The number of carbonyl (C=O) groups is 1. The molecule has 0 fully saturated rings. The molecule has 2 aromatic carbocycles. The van der Waals surface area contributed by atoms with E-state index < -0.39 is 5.56 Å². The second-order valence-corrected chi connectivity index (χ2v) is 7.23. The van der Waals surface area contributed by atoms with Crippen LogP contribution in [-0.4, -0.2) is 41.0 Å². The van der Waals surface area contributed by atoms with Crippen molar-refractivity contribution in [1.82, 2.24) is 9.97 Å². The van der Waals surface area contributed by atoms with E-state index >= 15 is 0 Å². The van der Waals surface area contributed by atoms with Crippen molar-refractivity contribution >= 4 is 23.4 Å². The van der Waals surface area contributed by atoms with Crippen molar-refractivity contribution in [3.8, 4) is 17.4 Å². The fraction of sp³-hybridized carbons (Fsp3) is 0.190. The van der Waals surface area contributed by atoms with Gasteiger partial charge in [-0.2, -0.15) is 4.98 Å². The van der Waals surface area contributed by atoms with Crippen molar-refractivity contribution in [2.75, 3.05) is 25.3 Å². The number of methoxy groups -OCH3 is 2. The van der Waals surface area contributed by atoms with Crippen LogP contribution < -0.4 is 20.3 Å². The van der Waals surface area contributed by atoms with Crippen molar-refractivity contribution in [3.63, 3.8) is 0 Å². The van der Waals surface area contributed by atoms with E-state index in [0.717, 1.165) is 17.3 Å². The number of hydrogen-bond donors (Lipinski definition) is 3. The molecule has 0 saturated carbocycles. The lowest BCUT2D eigenvalue weighted by Gasteiger charge is -2.08. The van der Waals surface area contributed by atoms with Crippen LogP contribution in [0.5, 0.6) is 17.4 Å². The van der Waals surface area contributed by atoms with E-state index in [1.54, 1.807) is 50.6 Å². The fourth-order valence-corrected chi connectivity index (χ4v) is 3.30. The van der Waals surface area contributed by atoms with Gasteiger partial charge in [0.2, 0.25) is 11.8 Å². The van der Waals surface area contributed by atoms with Crippen LogP contribution in [0.4, 0.5) is 5.69 Å². The number of aromatic hydroxyl groups is 1. The zero-order chi connectivity index (χ0) is 21.5. The van der Waals surface area contributed by atoms with Gasteiger partial charge in [-0.05, 0) is 42.0 Å². The monoisotopic (exact) mass is 427 g/mol. The molecule has 0 saturated heterocycles. The lowest BCUT2D eigenvalue weighted by atomic mass is 10.1. The number of anilines is 1. The summed E-state index contributed by atoms with van der Waals surface area (Å²) in [4.78, 5) is 31.1. The molecule has 30 heavy (non-hydrogen) atoms. The Morgan fingerprint density at radius 1 is 1.07 bits per heavy atom. The van der Waals surface area contributed by atoms with Crippen LogP contribution in [0.3, 0.4) is 0 Å². The first kappa shape index (κ1) is 21.3. The Bertz CT molecular complexity index is 1070. The third-order valence-electron chi connectivity index (χ3n) is 4.23. The zero-order valence-corrected chi connectivity index (χ0v) is 17.3. The predicted octanol–water partition coefficient (Wildman–Crippen LogP) is 2.81. The van der Waals surface area contributed by atoms with Crippen molar-refractivity contribution in [1.29, 1.82) is 0 Å². The molecule has 3 aromatic rings. The van der Waals surface area contributed by atoms with Crippen molar-refractivity contribution in [2.45, 2.75) is 11.6 Å². The maximum atomic E-state index is 12.4. The molecule has 0 unspecified atom stereocenters. The Kier molecular flexibility index (Phi) is 6.97. The molecule has 0 aliphatic heterocycles. The van der Waals surface area contributed by atoms with Gasteiger partial charge in [-0.3, -0.25) is 9.59 Å². The van der Waals surface area contributed by atoms with Gasteiger partial charge in [0.1, 0.15) is 11.5 Å².